The molecule has 1 aliphatic rings. The van der Waals surface area contributed by atoms with Crippen molar-refractivity contribution in [1.82, 2.24) is 5.32 Å². The second kappa shape index (κ2) is 5.33. The Morgan fingerprint density at radius 1 is 1.10 bits per heavy atom. The highest BCUT2D eigenvalue weighted by atomic mass is 19.1. The van der Waals surface area contributed by atoms with E-state index in [2.05, 4.69) is 17.4 Å². The predicted octanol–water partition coefficient (Wildman–Crippen LogP) is 4.30. The van der Waals surface area contributed by atoms with Crippen molar-refractivity contribution >= 4 is 0 Å². The maximum Gasteiger partial charge on any atom is 0.126 e. The van der Waals surface area contributed by atoms with E-state index in [1.807, 2.05) is 19.1 Å². The van der Waals surface area contributed by atoms with Gasteiger partial charge in [0.15, 0.2) is 0 Å². The SMILES string of the molecule is CC(NC1CCc2ccccc21)c1cc(F)cc(F)c1. The van der Waals surface area contributed by atoms with Gasteiger partial charge in [-0.15, -0.1) is 0 Å². The lowest BCUT2D eigenvalue weighted by Gasteiger charge is -2.21. The minimum atomic E-state index is -0.527. The largest absolute Gasteiger partial charge is 0.303 e. The van der Waals surface area contributed by atoms with E-state index in [4.69, 9.17) is 0 Å². The van der Waals surface area contributed by atoms with Crippen molar-refractivity contribution in [3.63, 3.8) is 0 Å². The van der Waals surface area contributed by atoms with Crippen molar-refractivity contribution in [2.45, 2.75) is 31.8 Å². The summed E-state index contributed by atoms with van der Waals surface area (Å²) in [6, 6.07) is 12.2. The molecular weight excluding hydrogens is 256 g/mol. The Kier molecular flexibility index (Phi) is 3.53. The summed E-state index contributed by atoms with van der Waals surface area (Å²) in [7, 11) is 0. The molecule has 1 N–H and O–H groups in total. The molecule has 0 spiro atoms. The van der Waals surface area contributed by atoms with E-state index in [1.165, 1.54) is 23.3 Å². The lowest BCUT2D eigenvalue weighted by atomic mass is 10.0. The van der Waals surface area contributed by atoms with Crippen LogP contribution in [0.5, 0.6) is 0 Å². The van der Waals surface area contributed by atoms with Crippen molar-refractivity contribution in [2.75, 3.05) is 0 Å². The van der Waals surface area contributed by atoms with Crippen LogP contribution in [0, 0.1) is 11.6 Å². The van der Waals surface area contributed by atoms with Crippen molar-refractivity contribution < 1.29 is 8.78 Å². The first-order chi connectivity index (χ1) is 9.63. The molecule has 1 aliphatic carbocycles. The number of hydrogen-bond donors (Lipinski definition) is 1. The van der Waals surface area contributed by atoms with Gasteiger partial charge in [0.2, 0.25) is 0 Å². The van der Waals surface area contributed by atoms with Crippen LogP contribution in [0.4, 0.5) is 8.78 Å². The highest BCUT2D eigenvalue weighted by Gasteiger charge is 2.23. The Hall–Kier alpha value is -1.74. The van der Waals surface area contributed by atoms with E-state index in [1.54, 1.807) is 0 Å². The molecule has 3 rings (SSSR count). The second-order valence-corrected chi connectivity index (χ2v) is 5.38. The van der Waals surface area contributed by atoms with Crippen molar-refractivity contribution in [3.8, 4) is 0 Å². The van der Waals surface area contributed by atoms with E-state index < -0.39 is 11.6 Å². The third-order valence-corrected chi connectivity index (χ3v) is 3.97. The third kappa shape index (κ3) is 2.59. The molecule has 104 valence electrons. The van der Waals surface area contributed by atoms with E-state index in [9.17, 15) is 8.78 Å². The van der Waals surface area contributed by atoms with Gasteiger partial charge in [0.1, 0.15) is 11.6 Å². The molecule has 2 unspecified atom stereocenters. The van der Waals surface area contributed by atoms with Gasteiger partial charge in [-0.1, -0.05) is 24.3 Å². The first kappa shape index (κ1) is 13.3. The highest BCUT2D eigenvalue weighted by molar-refractivity contribution is 5.34. The summed E-state index contributed by atoms with van der Waals surface area (Å²) in [6.45, 7) is 1.94. The number of aryl methyl sites for hydroxylation is 1. The summed E-state index contributed by atoms with van der Waals surface area (Å²) >= 11 is 0. The fourth-order valence-electron chi connectivity index (χ4n) is 2.95. The van der Waals surface area contributed by atoms with Crippen LogP contribution in [0.25, 0.3) is 0 Å². The minimum Gasteiger partial charge on any atom is -0.303 e. The molecule has 0 aromatic heterocycles. The van der Waals surface area contributed by atoms with E-state index in [-0.39, 0.29) is 12.1 Å². The van der Waals surface area contributed by atoms with Crippen LogP contribution >= 0.6 is 0 Å². The summed E-state index contributed by atoms with van der Waals surface area (Å²) in [6.07, 6.45) is 2.08. The van der Waals surface area contributed by atoms with Crippen LogP contribution in [0.3, 0.4) is 0 Å². The van der Waals surface area contributed by atoms with Gasteiger partial charge in [0, 0.05) is 18.2 Å². The zero-order chi connectivity index (χ0) is 14.1. The van der Waals surface area contributed by atoms with Gasteiger partial charge in [0.05, 0.1) is 0 Å². The monoisotopic (exact) mass is 273 g/mol. The number of halogens is 2. The molecule has 0 aliphatic heterocycles. The molecule has 2 atom stereocenters. The van der Waals surface area contributed by atoms with Gasteiger partial charge in [-0.3, -0.25) is 0 Å². The summed E-state index contributed by atoms with van der Waals surface area (Å²) in [4.78, 5) is 0. The van der Waals surface area contributed by atoms with Gasteiger partial charge < -0.3 is 5.32 Å². The summed E-state index contributed by atoms with van der Waals surface area (Å²) in [5, 5.41) is 3.47. The van der Waals surface area contributed by atoms with Crippen LogP contribution in [0.1, 0.15) is 42.1 Å². The summed E-state index contributed by atoms with van der Waals surface area (Å²) in [5.74, 6) is -1.05. The number of rotatable bonds is 3. The Labute approximate surface area is 117 Å². The van der Waals surface area contributed by atoms with E-state index in [0.29, 0.717) is 5.56 Å². The summed E-state index contributed by atoms with van der Waals surface area (Å²) < 4.78 is 26.5. The zero-order valence-corrected chi connectivity index (χ0v) is 11.4. The quantitative estimate of drug-likeness (QED) is 0.879. The standard InChI is InChI=1S/C17H17F2N/c1-11(13-8-14(18)10-15(19)9-13)20-17-7-6-12-4-2-3-5-16(12)17/h2-5,8-11,17,20H,6-7H2,1H3. The van der Waals surface area contributed by atoms with Gasteiger partial charge >= 0.3 is 0 Å². The minimum absolute atomic E-state index is 0.0867. The molecule has 2 aromatic rings. The third-order valence-electron chi connectivity index (χ3n) is 3.97. The van der Waals surface area contributed by atoms with Gasteiger partial charge in [-0.05, 0) is 48.6 Å². The Balaban J connectivity index is 1.78. The second-order valence-electron chi connectivity index (χ2n) is 5.38. The zero-order valence-electron chi connectivity index (χ0n) is 11.4. The van der Waals surface area contributed by atoms with E-state index >= 15 is 0 Å². The molecule has 0 fully saturated rings. The highest BCUT2D eigenvalue weighted by Crippen LogP contribution is 2.32. The maximum atomic E-state index is 13.3. The first-order valence-electron chi connectivity index (χ1n) is 6.93. The van der Waals surface area contributed by atoms with Crippen molar-refractivity contribution in [1.29, 1.82) is 0 Å². The predicted molar refractivity (Wildman–Crippen MR) is 75.4 cm³/mol. The van der Waals surface area contributed by atoms with Crippen LogP contribution in [-0.4, -0.2) is 0 Å². The first-order valence-corrected chi connectivity index (χ1v) is 6.93. The van der Waals surface area contributed by atoms with Crippen LogP contribution in [0.2, 0.25) is 0 Å². The fourth-order valence-corrected chi connectivity index (χ4v) is 2.95. The molecular formula is C17H17F2N. The average molecular weight is 273 g/mol. The Bertz CT molecular complexity index is 604. The topological polar surface area (TPSA) is 12.0 Å². The number of benzene rings is 2. The molecule has 0 bridgehead atoms. The molecule has 0 saturated carbocycles. The van der Waals surface area contributed by atoms with Crippen LogP contribution in [-0.2, 0) is 6.42 Å². The van der Waals surface area contributed by atoms with Gasteiger partial charge in [-0.2, -0.15) is 0 Å². The fraction of sp³-hybridized carbons (Fsp3) is 0.294. The molecule has 0 heterocycles. The van der Waals surface area contributed by atoms with Crippen LogP contribution < -0.4 is 5.32 Å². The van der Waals surface area contributed by atoms with Crippen molar-refractivity contribution in [2.24, 2.45) is 0 Å². The lowest BCUT2D eigenvalue weighted by molar-refractivity contribution is 0.460. The summed E-state index contributed by atoms with van der Waals surface area (Å²) in [5.41, 5.74) is 3.31. The molecule has 0 saturated heterocycles. The number of nitrogens with one attached hydrogen (secondary N) is 1. The maximum absolute atomic E-state index is 13.3. The normalized spacial score (nSPS) is 18.9. The Morgan fingerprint density at radius 3 is 2.55 bits per heavy atom. The molecule has 0 radical (unpaired) electrons. The molecule has 2 aromatic carbocycles. The average Bonchev–Trinajstić information content (AvgIpc) is 2.81. The molecule has 3 heteroatoms. The number of hydrogen-bond acceptors (Lipinski definition) is 1. The lowest BCUT2D eigenvalue weighted by Crippen LogP contribution is -2.23. The molecule has 0 amide bonds. The van der Waals surface area contributed by atoms with Crippen LogP contribution in [0.15, 0.2) is 42.5 Å². The van der Waals surface area contributed by atoms with Crippen molar-refractivity contribution in [3.05, 3.63) is 70.8 Å². The van der Waals surface area contributed by atoms with Gasteiger partial charge in [0.25, 0.3) is 0 Å². The van der Waals surface area contributed by atoms with Gasteiger partial charge in [-0.25, -0.2) is 8.78 Å². The smallest absolute Gasteiger partial charge is 0.126 e. The molecule has 20 heavy (non-hydrogen) atoms. The molecule has 1 nitrogen and oxygen atoms in total. The Morgan fingerprint density at radius 2 is 1.80 bits per heavy atom. The number of fused-ring (bicyclic) bond motifs is 1. The van der Waals surface area contributed by atoms with E-state index in [0.717, 1.165) is 18.9 Å².